The van der Waals surface area contributed by atoms with Crippen LogP contribution in [0.15, 0.2) is 30.3 Å². The zero-order valence-corrected chi connectivity index (χ0v) is 13.7. The second-order valence-corrected chi connectivity index (χ2v) is 6.77. The zero-order chi connectivity index (χ0) is 15.2. The van der Waals surface area contributed by atoms with Gasteiger partial charge >= 0.3 is 0 Å². The Labute approximate surface area is 135 Å². The Morgan fingerprint density at radius 2 is 1.64 bits per heavy atom. The van der Waals surface area contributed by atoms with Gasteiger partial charge in [0, 0.05) is 12.6 Å². The predicted molar refractivity (Wildman–Crippen MR) is 94.8 cm³/mol. The molecule has 2 aliphatic heterocycles. The molecule has 2 heterocycles. The molecule has 22 heavy (non-hydrogen) atoms. The van der Waals surface area contributed by atoms with E-state index >= 15 is 0 Å². The molecule has 0 N–H and O–H groups in total. The molecule has 2 fully saturated rings. The smallest absolute Gasteiger partial charge is 0.0166 e. The number of piperidine rings is 2. The highest BCUT2D eigenvalue weighted by molar-refractivity contribution is 5.50. The number of benzene rings is 1. The van der Waals surface area contributed by atoms with E-state index in [1.165, 1.54) is 63.8 Å². The molecule has 2 heteroatoms. The van der Waals surface area contributed by atoms with E-state index in [9.17, 15) is 0 Å². The lowest BCUT2D eigenvalue weighted by Gasteiger charge is -2.40. The van der Waals surface area contributed by atoms with Gasteiger partial charge in [0.15, 0.2) is 0 Å². The van der Waals surface area contributed by atoms with Crippen LogP contribution in [-0.4, -0.2) is 48.6 Å². The topological polar surface area (TPSA) is 6.48 Å². The van der Waals surface area contributed by atoms with Crippen molar-refractivity contribution in [3.8, 4) is 0 Å². The van der Waals surface area contributed by atoms with Crippen molar-refractivity contribution >= 4 is 6.08 Å². The molecule has 2 saturated heterocycles. The standard InChI is InChI=1S/C20H29N2/c1-18-7-9-19(10-8-18)6-5-13-21-16-11-20(12-17-21)22-14-3-2-4-15-22/h5-10,20H,1-4,11-17H2. The zero-order valence-electron chi connectivity index (χ0n) is 13.7. The summed E-state index contributed by atoms with van der Waals surface area (Å²) in [6, 6.07) is 9.28. The lowest BCUT2D eigenvalue weighted by molar-refractivity contribution is 0.0975. The molecule has 2 nitrogen and oxygen atoms in total. The molecule has 1 radical (unpaired) electrons. The van der Waals surface area contributed by atoms with Gasteiger partial charge in [0.2, 0.25) is 0 Å². The van der Waals surface area contributed by atoms with Gasteiger partial charge in [-0.2, -0.15) is 0 Å². The van der Waals surface area contributed by atoms with Gasteiger partial charge in [0.05, 0.1) is 0 Å². The van der Waals surface area contributed by atoms with Gasteiger partial charge in [0.1, 0.15) is 0 Å². The number of likely N-dealkylation sites (tertiary alicyclic amines) is 2. The fourth-order valence-electron chi connectivity index (χ4n) is 3.72. The van der Waals surface area contributed by atoms with Crippen LogP contribution in [0.4, 0.5) is 0 Å². The van der Waals surface area contributed by atoms with Crippen molar-refractivity contribution in [2.24, 2.45) is 0 Å². The third kappa shape index (κ3) is 4.44. The largest absolute Gasteiger partial charge is 0.300 e. The van der Waals surface area contributed by atoms with Gasteiger partial charge in [-0.1, -0.05) is 42.8 Å². The molecule has 0 unspecified atom stereocenters. The van der Waals surface area contributed by atoms with Crippen LogP contribution in [-0.2, 0) is 0 Å². The van der Waals surface area contributed by atoms with Crippen LogP contribution in [0, 0.1) is 6.92 Å². The minimum absolute atomic E-state index is 0.852. The molecule has 0 atom stereocenters. The Bertz CT molecular complexity index is 463. The predicted octanol–water partition coefficient (Wildman–Crippen LogP) is 3.83. The summed E-state index contributed by atoms with van der Waals surface area (Å²) < 4.78 is 0. The Morgan fingerprint density at radius 1 is 0.955 bits per heavy atom. The Hall–Kier alpha value is -1.12. The van der Waals surface area contributed by atoms with Crippen LogP contribution in [0.25, 0.3) is 6.08 Å². The van der Waals surface area contributed by atoms with Crippen molar-refractivity contribution in [3.63, 3.8) is 0 Å². The van der Waals surface area contributed by atoms with Crippen molar-refractivity contribution in [1.82, 2.24) is 9.80 Å². The average Bonchev–Trinajstić information content (AvgIpc) is 2.58. The first kappa shape index (κ1) is 15.8. The first-order valence-electron chi connectivity index (χ1n) is 8.86. The van der Waals surface area contributed by atoms with Gasteiger partial charge in [0.25, 0.3) is 0 Å². The lowest BCUT2D eigenvalue weighted by Crippen LogP contribution is -2.46. The summed E-state index contributed by atoms with van der Waals surface area (Å²) in [5.74, 6) is 0. The summed E-state index contributed by atoms with van der Waals surface area (Å²) in [5, 5.41) is 0. The molecule has 0 aliphatic carbocycles. The van der Waals surface area contributed by atoms with Crippen LogP contribution in [0.2, 0.25) is 0 Å². The van der Waals surface area contributed by atoms with Gasteiger partial charge < -0.3 is 4.90 Å². The molecule has 0 saturated carbocycles. The summed E-state index contributed by atoms with van der Waals surface area (Å²) in [5.41, 5.74) is 2.35. The van der Waals surface area contributed by atoms with Crippen molar-refractivity contribution in [1.29, 1.82) is 0 Å². The van der Waals surface area contributed by atoms with E-state index in [2.05, 4.69) is 53.1 Å². The van der Waals surface area contributed by atoms with Gasteiger partial charge in [-0.15, -0.1) is 0 Å². The number of nitrogens with zero attached hydrogens (tertiary/aromatic N) is 2. The summed E-state index contributed by atoms with van der Waals surface area (Å²) >= 11 is 0. The molecule has 0 spiro atoms. The molecule has 0 aromatic heterocycles. The third-order valence-electron chi connectivity index (χ3n) is 5.12. The molecule has 0 bridgehead atoms. The van der Waals surface area contributed by atoms with E-state index in [0.717, 1.165) is 18.2 Å². The van der Waals surface area contributed by atoms with Crippen molar-refractivity contribution < 1.29 is 0 Å². The number of rotatable bonds is 4. The first-order valence-corrected chi connectivity index (χ1v) is 8.86. The molecule has 3 rings (SSSR count). The highest BCUT2D eigenvalue weighted by Crippen LogP contribution is 2.20. The highest BCUT2D eigenvalue weighted by Gasteiger charge is 2.24. The van der Waals surface area contributed by atoms with Crippen molar-refractivity contribution in [2.45, 2.75) is 38.1 Å². The number of hydrogen-bond donors (Lipinski definition) is 0. The maximum absolute atomic E-state index is 3.92. The minimum Gasteiger partial charge on any atom is -0.300 e. The van der Waals surface area contributed by atoms with Crippen molar-refractivity contribution in [2.75, 3.05) is 32.7 Å². The summed E-state index contributed by atoms with van der Waals surface area (Å²) in [6.45, 7) is 10.2. The second-order valence-electron chi connectivity index (χ2n) is 6.77. The molecular formula is C20H29N2. The molecule has 0 amide bonds. The summed E-state index contributed by atoms with van der Waals surface area (Å²) in [4.78, 5) is 5.34. The van der Waals surface area contributed by atoms with Crippen LogP contribution in [0.1, 0.15) is 43.2 Å². The fraction of sp³-hybridized carbons (Fsp3) is 0.550. The quantitative estimate of drug-likeness (QED) is 0.833. The Balaban J connectivity index is 1.41. The van der Waals surface area contributed by atoms with E-state index in [4.69, 9.17) is 0 Å². The van der Waals surface area contributed by atoms with Crippen LogP contribution in [0.3, 0.4) is 0 Å². The maximum Gasteiger partial charge on any atom is 0.0166 e. The van der Waals surface area contributed by atoms with E-state index in [1.807, 2.05) is 0 Å². The SMILES string of the molecule is [CH2]c1ccc(C=CCN2CCC(N3CCCCC3)CC2)cc1. The van der Waals surface area contributed by atoms with E-state index in [1.54, 1.807) is 0 Å². The Kier molecular flexibility index (Phi) is 5.69. The van der Waals surface area contributed by atoms with Gasteiger partial charge in [-0.25, -0.2) is 0 Å². The third-order valence-corrected chi connectivity index (χ3v) is 5.12. The van der Waals surface area contributed by atoms with Crippen LogP contribution >= 0.6 is 0 Å². The maximum atomic E-state index is 3.92. The average molecular weight is 297 g/mol. The molecule has 1 aromatic carbocycles. The number of hydrogen-bond acceptors (Lipinski definition) is 2. The van der Waals surface area contributed by atoms with E-state index < -0.39 is 0 Å². The van der Waals surface area contributed by atoms with Crippen LogP contribution < -0.4 is 0 Å². The summed E-state index contributed by atoms with van der Waals surface area (Å²) in [7, 11) is 0. The minimum atomic E-state index is 0.852. The van der Waals surface area contributed by atoms with Crippen molar-refractivity contribution in [3.05, 3.63) is 48.4 Å². The molecule has 1 aromatic rings. The Morgan fingerprint density at radius 3 is 2.32 bits per heavy atom. The van der Waals surface area contributed by atoms with E-state index in [0.29, 0.717) is 0 Å². The van der Waals surface area contributed by atoms with E-state index in [-0.39, 0.29) is 0 Å². The normalized spacial score (nSPS) is 22.4. The van der Waals surface area contributed by atoms with Gasteiger partial charge in [-0.3, -0.25) is 4.90 Å². The molecule has 2 aliphatic rings. The highest BCUT2D eigenvalue weighted by atomic mass is 15.2. The van der Waals surface area contributed by atoms with Gasteiger partial charge in [-0.05, 0) is 69.9 Å². The second kappa shape index (κ2) is 7.94. The molecular weight excluding hydrogens is 268 g/mol. The summed E-state index contributed by atoms with van der Waals surface area (Å²) in [6.07, 6.45) is 11.5. The molecule has 119 valence electrons. The lowest BCUT2D eigenvalue weighted by atomic mass is 10.00. The van der Waals surface area contributed by atoms with Crippen LogP contribution in [0.5, 0.6) is 0 Å². The monoisotopic (exact) mass is 297 g/mol. The fourth-order valence-corrected chi connectivity index (χ4v) is 3.72. The first-order chi connectivity index (χ1) is 10.8.